The first-order valence-electron chi connectivity index (χ1n) is 8.54. The van der Waals surface area contributed by atoms with Crippen LogP contribution >= 0.6 is 0 Å². The largest absolute Gasteiger partial charge is 0.445 e. The minimum absolute atomic E-state index is 0.0857. The first kappa shape index (κ1) is 17.9. The van der Waals surface area contributed by atoms with Gasteiger partial charge in [-0.1, -0.05) is 30.3 Å². The molecule has 0 aromatic heterocycles. The maximum absolute atomic E-state index is 13.6. The van der Waals surface area contributed by atoms with Gasteiger partial charge < -0.3 is 10.5 Å². The molecule has 2 N–H and O–H groups in total. The van der Waals surface area contributed by atoms with E-state index in [0.717, 1.165) is 11.6 Å². The average Bonchev–Trinajstić information content (AvgIpc) is 3.13. The fourth-order valence-electron chi connectivity index (χ4n) is 3.15. The van der Waals surface area contributed by atoms with Crippen molar-refractivity contribution in [1.29, 1.82) is 0 Å². The van der Waals surface area contributed by atoms with Gasteiger partial charge >= 0.3 is 6.09 Å². The van der Waals surface area contributed by atoms with Crippen LogP contribution in [0.15, 0.2) is 42.5 Å². The maximum atomic E-state index is 13.6. The summed E-state index contributed by atoms with van der Waals surface area (Å²) >= 11 is 0. The highest BCUT2D eigenvalue weighted by molar-refractivity contribution is 6.05. The zero-order valence-corrected chi connectivity index (χ0v) is 14.6. The zero-order chi connectivity index (χ0) is 18.7. The summed E-state index contributed by atoms with van der Waals surface area (Å²) in [4.78, 5) is 26.7. The van der Waals surface area contributed by atoms with E-state index in [1.165, 1.54) is 11.0 Å². The lowest BCUT2D eigenvalue weighted by atomic mass is 9.98. The number of hydrogen-bond acceptors (Lipinski definition) is 4. The first-order chi connectivity index (χ1) is 12.5. The van der Waals surface area contributed by atoms with Crippen molar-refractivity contribution in [3.8, 4) is 0 Å². The van der Waals surface area contributed by atoms with Crippen LogP contribution in [-0.4, -0.2) is 29.4 Å². The fraction of sp³-hybridized carbons (Fsp3) is 0.300. The van der Waals surface area contributed by atoms with Gasteiger partial charge in [-0.05, 0) is 43.0 Å². The second-order valence-corrected chi connectivity index (χ2v) is 6.44. The molecule has 0 bridgehead atoms. The summed E-state index contributed by atoms with van der Waals surface area (Å²) in [5.74, 6) is -0.732. The molecule has 1 saturated heterocycles. The highest BCUT2D eigenvalue weighted by Crippen LogP contribution is 2.26. The number of nitrogens with zero attached hydrogens (tertiary/aromatic N) is 1. The summed E-state index contributed by atoms with van der Waals surface area (Å²) in [6.45, 7) is 2.17. The smallest absolute Gasteiger partial charge is 0.410 e. The van der Waals surface area contributed by atoms with Crippen LogP contribution in [0.4, 0.5) is 14.9 Å². The zero-order valence-electron chi connectivity index (χ0n) is 14.6. The third-order valence-corrected chi connectivity index (χ3v) is 4.59. The van der Waals surface area contributed by atoms with Gasteiger partial charge in [0.25, 0.3) is 0 Å². The minimum atomic E-state index is -0.634. The Hall–Kier alpha value is -2.89. The molecule has 0 unspecified atom stereocenters. The van der Waals surface area contributed by atoms with Crippen LogP contribution < -0.4 is 5.73 Å². The van der Waals surface area contributed by atoms with Crippen molar-refractivity contribution in [1.82, 2.24) is 4.90 Å². The van der Waals surface area contributed by atoms with E-state index in [1.54, 1.807) is 6.92 Å². The number of ether oxygens (including phenoxy) is 1. The number of likely N-dealkylation sites (tertiary alicyclic amines) is 1. The summed E-state index contributed by atoms with van der Waals surface area (Å²) in [5, 5.41) is 0. The van der Waals surface area contributed by atoms with Gasteiger partial charge in [-0.2, -0.15) is 0 Å². The van der Waals surface area contributed by atoms with Crippen molar-refractivity contribution in [3.05, 3.63) is 65.0 Å². The van der Waals surface area contributed by atoms with Crippen LogP contribution in [-0.2, 0) is 11.3 Å². The molecule has 26 heavy (non-hydrogen) atoms. The lowest BCUT2D eigenvalue weighted by Gasteiger charge is -2.23. The number of carbonyl (C=O) groups is 2. The predicted molar refractivity (Wildman–Crippen MR) is 96.2 cm³/mol. The monoisotopic (exact) mass is 356 g/mol. The first-order valence-corrected chi connectivity index (χ1v) is 8.54. The van der Waals surface area contributed by atoms with E-state index in [9.17, 15) is 14.0 Å². The van der Waals surface area contributed by atoms with Crippen molar-refractivity contribution in [3.63, 3.8) is 0 Å². The molecule has 0 spiro atoms. The van der Waals surface area contributed by atoms with Gasteiger partial charge in [0, 0.05) is 17.8 Å². The molecule has 0 radical (unpaired) electrons. The average molecular weight is 356 g/mol. The molecule has 5 nitrogen and oxygen atoms in total. The van der Waals surface area contributed by atoms with E-state index >= 15 is 0 Å². The van der Waals surface area contributed by atoms with Gasteiger partial charge in [0.1, 0.15) is 12.4 Å². The SMILES string of the molecule is Cc1cc(C(=O)[C@@H]2CCCN2C(=O)OCc2ccccc2)c(N)cc1F. The van der Waals surface area contributed by atoms with Crippen LogP contribution in [0.3, 0.4) is 0 Å². The summed E-state index contributed by atoms with van der Waals surface area (Å²) < 4.78 is 18.9. The number of rotatable bonds is 4. The highest BCUT2D eigenvalue weighted by Gasteiger charge is 2.36. The maximum Gasteiger partial charge on any atom is 0.410 e. The number of anilines is 1. The number of nitrogens with two attached hydrogens (primary N) is 1. The van der Waals surface area contributed by atoms with Crippen LogP contribution in [0.2, 0.25) is 0 Å². The molecule has 6 heteroatoms. The molecule has 0 aliphatic carbocycles. The number of carbonyl (C=O) groups excluding carboxylic acids is 2. The van der Waals surface area contributed by atoms with Crippen molar-refractivity contribution in [2.24, 2.45) is 0 Å². The Morgan fingerprint density at radius 2 is 2.00 bits per heavy atom. The number of nitrogen functional groups attached to an aromatic ring is 1. The molecule has 1 aliphatic rings. The predicted octanol–water partition coefficient (Wildman–Crippen LogP) is 3.70. The minimum Gasteiger partial charge on any atom is -0.445 e. The molecule has 3 rings (SSSR count). The normalized spacial score (nSPS) is 16.5. The van der Waals surface area contributed by atoms with Crippen LogP contribution in [0.5, 0.6) is 0 Å². The van der Waals surface area contributed by atoms with Crippen molar-refractivity contribution >= 4 is 17.6 Å². The molecule has 1 aliphatic heterocycles. The number of ketones is 1. The van der Waals surface area contributed by atoms with Gasteiger partial charge in [0.2, 0.25) is 0 Å². The van der Waals surface area contributed by atoms with Gasteiger partial charge in [0.15, 0.2) is 5.78 Å². The standard InChI is InChI=1S/C20H21FN2O3/c1-13-10-15(17(22)11-16(13)21)19(24)18-8-5-9-23(18)20(25)26-12-14-6-3-2-4-7-14/h2-4,6-7,10-11,18H,5,8-9,12,22H2,1H3/t18-/m0/s1. The fourth-order valence-corrected chi connectivity index (χ4v) is 3.15. The Kier molecular flexibility index (Phi) is 5.21. The number of benzene rings is 2. The number of hydrogen-bond donors (Lipinski definition) is 1. The summed E-state index contributed by atoms with van der Waals surface area (Å²) in [6.07, 6.45) is 0.716. The molecule has 136 valence electrons. The van der Waals surface area contributed by atoms with E-state index in [0.29, 0.717) is 24.9 Å². The lowest BCUT2D eigenvalue weighted by Crippen LogP contribution is -2.41. The number of aryl methyl sites for hydroxylation is 1. The Labute approximate surface area is 151 Å². The Balaban J connectivity index is 1.72. The number of halogens is 1. The summed E-state index contributed by atoms with van der Waals surface area (Å²) in [6, 6.07) is 11.3. The molecule has 2 aromatic carbocycles. The summed E-state index contributed by atoms with van der Waals surface area (Å²) in [5.41, 5.74) is 7.37. The molecule has 0 saturated carbocycles. The Morgan fingerprint density at radius 1 is 1.27 bits per heavy atom. The Morgan fingerprint density at radius 3 is 2.73 bits per heavy atom. The number of amides is 1. The van der Waals surface area contributed by atoms with Crippen LogP contribution in [0.25, 0.3) is 0 Å². The van der Waals surface area contributed by atoms with Crippen LogP contribution in [0.1, 0.15) is 34.3 Å². The third kappa shape index (κ3) is 3.69. The van der Waals surface area contributed by atoms with E-state index in [-0.39, 0.29) is 23.6 Å². The van der Waals surface area contributed by atoms with E-state index in [4.69, 9.17) is 10.5 Å². The second-order valence-electron chi connectivity index (χ2n) is 6.44. The van der Waals surface area contributed by atoms with Crippen molar-refractivity contribution < 1.29 is 18.7 Å². The highest BCUT2D eigenvalue weighted by atomic mass is 19.1. The van der Waals surface area contributed by atoms with Crippen molar-refractivity contribution in [2.75, 3.05) is 12.3 Å². The van der Waals surface area contributed by atoms with Gasteiger partial charge in [-0.25, -0.2) is 9.18 Å². The molecular formula is C20H21FN2O3. The van der Waals surface area contributed by atoms with E-state index in [1.807, 2.05) is 30.3 Å². The molecule has 1 heterocycles. The van der Waals surface area contributed by atoms with Crippen molar-refractivity contribution in [2.45, 2.75) is 32.4 Å². The van der Waals surface area contributed by atoms with E-state index < -0.39 is 18.0 Å². The van der Waals surface area contributed by atoms with E-state index in [2.05, 4.69) is 0 Å². The quantitative estimate of drug-likeness (QED) is 0.670. The lowest BCUT2D eigenvalue weighted by molar-refractivity contribution is 0.0738. The Bertz CT molecular complexity index is 823. The number of Topliss-reactive ketones (excluding diaryl/α,β-unsaturated/α-hetero) is 1. The van der Waals surface area contributed by atoms with Gasteiger partial charge in [-0.15, -0.1) is 0 Å². The van der Waals surface area contributed by atoms with Gasteiger partial charge in [0.05, 0.1) is 6.04 Å². The summed E-state index contributed by atoms with van der Waals surface area (Å²) in [7, 11) is 0. The van der Waals surface area contributed by atoms with Crippen LogP contribution in [0, 0.1) is 12.7 Å². The third-order valence-electron chi connectivity index (χ3n) is 4.59. The van der Waals surface area contributed by atoms with Gasteiger partial charge in [-0.3, -0.25) is 9.69 Å². The molecule has 1 fully saturated rings. The molecule has 1 amide bonds. The molecular weight excluding hydrogens is 335 g/mol. The molecule has 2 aromatic rings. The second kappa shape index (κ2) is 7.56. The molecule has 1 atom stereocenters. The topological polar surface area (TPSA) is 72.6 Å².